The summed E-state index contributed by atoms with van der Waals surface area (Å²) in [5.74, 6) is 0. The molecule has 100 valence electrons. The lowest BCUT2D eigenvalue weighted by atomic mass is 10.1. The predicted octanol–water partition coefficient (Wildman–Crippen LogP) is 1.53. The molecular formula is C14H22N2OS. The van der Waals surface area contributed by atoms with Crippen molar-refractivity contribution < 1.29 is 4.74 Å². The van der Waals surface area contributed by atoms with Crippen LogP contribution in [0.1, 0.15) is 5.56 Å². The molecule has 3 nitrogen and oxygen atoms in total. The molecule has 2 N–H and O–H groups in total. The Morgan fingerprint density at radius 1 is 1.39 bits per heavy atom. The van der Waals surface area contributed by atoms with Crippen LogP contribution in [0.5, 0.6) is 0 Å². The molecule has 1 atom stereocenters. The molecule has 1 heterocycles. The smallest absolute Gasteiger partial charge is 0.0632 e. The summed E-state index contributed by atoms with van der Waals surface area (Å²) >= 11 is 1.79. The van der Waals surface area contributed by atoms with Gasteiger partial charge in [-0.2, -0.15) is 0 Å². The first kappa shape index (κ1) is 13.9. The Labute approximate surface area is 114 Å². The predicted molar refractivity (Wildman–Crippen MR) is 77.4 cm³/mol. The lowest BCUT2D eigenvalue weighted by Crippen LogP contribution is -2.47. The third-order valence-electron chi connectivity index (χ3n) is 3.14. The summed E-state index contributed by atoms with van der Waals surface area (Å²) in [6.45, 7) is 4.66. The van der Waals surface area contributed by atoms with Crippen LogP contribution >= 0.6 is 11.8 Å². The molecule has 1 aromatic carbocycles. The monoisotopic (exact) mass is 266 g/mol. The largest absolute Gasteiger partial charge is 0.378 e. The summed E-state index contributed by atoms with van der Waals surface area (Å²) < 4.78 is 5.42. The number of ether oxygens (including phenoxy) is 1. The van der Waals surface area contributed by atoms with Crippen molar-refractivity contribution in [2.24, 2.45) is 0 Å². The van der Waals surface area contributed by atoms with Gasteiger partial charge in [0.15, 0.2) is 0 Å². The molecule has 0 amide bonds. The molecule has 18 heavy (non-hydrogen) atoms. The molecule has 0 aliphatic carbocycles. The Morgan fingerprint density at radius 3 is 2.89 bits per heavy atom. The Kier molecular flexibility index (Phi) is 6.00. The highest BCUT2D eigenvalue weighted by Gasteiger charge is 2.11. The van der Waals surface area contributed by atoms with Gasteiger partial charge in [-0.3, -0.25) is 0 Å². The second-order valence-corrected chi connectivity index (χ2v) is 5.41. The molecule has 1 saturated heterocycles. The molecular weight excluding hydrogens is 244 g/mol. The normalized spacial score (nSPS) is 19.9. The zero-order chi connectivity index (χ0) is 12.6. The summed E-state index contributed by atoms with van der Waals surface area (Å²) in [4.78, 5) is 1.33. The lowest BCUT2D eigenvalue weighted by molar-refractivity contribution is 0.0768. The summed E-state index contributed by atoms with van der Waals surface area (Å²) in [6.07, 6.45) is 3.19. The molecule has 0 aromatic heterocycles. The van der Waals surface area contributed by atoms with E-state index < -0.39 is 0 Å². The maximum atomic E-state index is 5.42. The van der Waals surface area contributed by atoms with Crippen LogP contribution in [0, 0.1) is 0 Å². The highest BCUT2D eigenvalue weighted by molar-refractivity contribution is 7.98. The minimum absolute atomic E-state index is 0.470. The van der Waals surface area contributed by atoms with Crippen LogP contribution in [0.2, 0.25) is 0 Å². The molecule has 1 aliphatic rings. The maximum absolute atomic E-state index is 5.42. The Hall–Kier alpha value is -0.550. The zero-order valence-electron chi connectivity index (χ0n) is 10.9. The highest BCUT2D eigenvalue weighted by Crippen LogP contribution is 2.14. The second kappa shape index (κ2) is 7.79. The molecule has 1 aromatic rings. The number of morpholine rings is 1. The van der Waals surface area contributed by atoms with Crippen LogP contribution < -0.4 is 10.6 Å². The van der Waals surface area contributed by atoms with Crippen molar-refractivity contribution >= 4 is 11.8 Å². The van der Waals surface area contributed by atoms with Crippen LogP contribution in [0.15, 0.2) is 29.2 Å². The van der Waals surface area contributed by atoms with Crippen molar-refractivity contribution in [3.05, 3.63) is 29.8 Å². The number of benzene rings is 1. The van der Waals surface area contributed by atoms with E-state index in [1.807, 2.05) is 0 Å². The van der Waals surface area contributed by atoms with Crippen LogP contribution in [-0.2, 0) is 11.2 Å². The topological polar surface area (TPSA) is 33.3 Å². The van der Waals surface area contributed by atoms with Gasteiger partial charge in [-0.25, -0.2) is 0 Å². The van der Waals surface area contributed by atoms with Crippen molar-refractivity contribution in [2.45, 2.75) is 17.4 Å². The minimum atomic E-state index is 0.470. The molecule has 0 spiro atoms. The Balaban J connectivity index is 1.62. The van der Waals surface area contributed by atoms with Crippen LogP contribution in [0.3, 0.4) is 0 Å². The fraction of sp³-hybridized carbons (Fsp3) is 0.571. The zero-order valence-corrected chi connectivity index (χ0v) is 11.8. The van der Waals surface area contributed by atoms with E-state index in [2.05, 4.69) is 41.2 Å². The summed E-state index contributed by atoms with van der Waals surface area (Å²) in [5, 5.41) is 6.93. The van der Waals surface area contributed by atoms with E-state index in [1.54, 1.807) is 11.8 Å². The van der Waals surface area contributed by atoms with Gasteiger partial charge in [0.25, 0.3) is 0 Å². The lowest BCUT2D eigenvalue weighted by Gasteiger charge is -2.24. The van der Waals surface area contributed by atoms with Crippen LogP contribution in [0.25, 0.3) is 0 Å². The van der Waals surface area contributed by atoms with Gasteiger partial charge in [0.05, 0.1) is 13.2 Å². The summed E-state index contributed by atoms with van der Waals surface area (Å²) in [7, 11) is 0. The van der Waals surface area contributed by atoms with E-state index in [-0.39, 0.29) is 0 Å². The van der Waals surface area contributed by atoms with E-state index in [0.717, 1.165) is 39.3 Å². The third-order valence-corrected chi connectivity index (χ3v) is 3.88. The molecule has 0 saturated carbocycles. The van der Waals surface area contributed by atoms with Gasteiger partial charge in [-0.15, -0.1) is 11.8 Å². The SMILES string of the molecule is CSc1ccc(CCNCC2COCCN2)cc1. The van der Waals surface area contributed by atoms with Gasteiger partial charge in [-0.05, 0) is 36.9 Å². The molecule has 1 fully saturated rings. The molecule has 4 heteroatoms. The average Bonchev–Trinajstić information content (AvgIpc) is 2.45. The Morgan fingerprint density at radius 2 is 2.22 bits per heavy atom. The highest BCUT2D eigenvalue weighted by atomic mass is 32.2. The van der Waals surface area contributed by atoms with Crippen molar-refractivity contribution in [3.63, 3.8) is 0 Å². The summed E-state index contributed by atoms with van der Waals surface area (Å²) in [6, 6.07) is 9.29. The number of hydrogen-bond acceptors (Lipinski definition) is 4. The van der Waals surface area contributed by atoms with Gasteiger partial charge in [0.2, 0.25) is 0 Å². The first-order valence-corrected chi connectivity index (χ1v) is 7.76. The number of rotatable bonds is 6. The van der Waals surface area contributed by atoms with E-state index in [0.29, 0.717) is 6.04 Å². The molecule has 0 bridgehead atoms. The van der Waals surface area contributed by atoms with Crippen LogP contribution in [0.4, 0.5) is 0 Å². The third kappa shape index (κ3) is 4.61. The summed E-state index contributed by atoms with van der Waals surface area (Å²) in [5.41, 5.74) is 1.40. The number of hydrogen-bond donors (Lipinski definition) is 2. The average molecular weight is 266 g/mol. The maximum Gasteiger partial charge on any atom is 0.0632 e. The first-order valence-electron chi connectivity index (χ1n) is 6.53. The van der Waals surface area contributed by atoms with Gasteiger partial charge < -0.3 is 15.4 Å². The second-order valence-electron chi connectivity index (χ2n) is 4.53. The quantitative estimate of drug-likeness (QED) is 0.604. The van der Waals surface area contributed by atoms with Gasteiger partial charge in [-0.1, -0.05) is 12.1 Å². The fourth-order valence-corrected chi connectivity index (χ4v) is 2.46. The number of thioether (sulfide) groups is 1. The van der Waals surface area contributed by atoms with Crippen molar-refractivity contribution in [1.29, 1.82) is 0 Å². The van der Waals surface area contributed by atoms with Gasteiger partial charge >= 0.3 is 0 Å². The van der Waals surface area contributed by atoms with E-state index in [4.69, 9.17) is 4.74 Å². The van der Waals surface area contributed by atoms with Crippen molar-refractivity contribution in [2.75, 3.05) is 39.1 Å². The van der Waals surface area contributed by atoms with Crippen molar-refractivity contribution in [3.8, 4) is 0 Å². The van der Waals surface area contributed by atoms with E-state index >= 15 is 0 Å². The standard InChI is InChI=1S/C14H22N2OS/c1-18-14-4-2-12(3-5-14)6-7-15-10-13-11-17-9-8-16-13/h2-5,13,15-16H,6-11H2,1H3. The first-order chi connectivity index (χ1) is 8.88. The fourth-order valence-electron chi connectivity index (χ4n) is 2.05. The van der Waals surface area contributed by atoms with E-state index in [9.17, 15) is 0 Å². The number of nitrogens with one attached hydrogen (secondary N) is 2. The molecule has 0 radical (unpaired) electrons. The van der Waals surface area contributed by atoms with E-state index in [1.165, 1.54) is 10.5 Å². The molecule has 1 aliphatic heterocycles. The minimum Gasteiger partial charge on any atom is -0.378 e. The Bertz CT molecular complexity index is 336. The van der Waals surface area contributed by atoms with Crippen LogP contribution in [-0.4, -0.2) is 45.1 Å². The van der Waals surface area contributed by atoms with Crippen molar-refractivity contribution in [1.82, 2.24) is 10.6 Å². The van der Waals surface area contributed by atoms with Gasteiger partial charge in [0.1, 0.15) is 0 Å². The van der Waals surface area contributed by atoms with Gasteiger partial charge in [0, 0.05) is 24.0 Å². The molecule has 1 unspecified atom stereocenters. The molecule has 2 rings (SSSR count).